The number of fused-ring (bicyclic) bond motifs is 1. The molecule has 5 nitrogen and oxygen atoms in total. The Morgan fingerprint density at radius 1 is 1.18 bits per heavy atom. The van der Waals surface area contributed by atoms with Gasteiger partial charge in [-0.2, -0.15) is 13.2 Å². The minimum Gasteiger partial charge on any atom is -0.507 e. The molecule has 176 valence electrons. The number of halogens is 3. The second-order valence-corrected chi connectivity index (χ2v) is 8.46. The number of piperidine rings is 1. The van der Waals surface area contributed by atoms with E-state index in [4.69, 9.17) is 9.15 Å². The number of hydrogen-bond donors (Lipinski definition) is 2. The summed E-state index contributed by atoms with van der Waals surface area (Å²) < 4.78 is 53.1. The molecule has 1 aliphatic heterocycles. The van der Waals surface area contributed by atoms with Crippen LogP contribution in [0.1, 0.15) is 43.9 Å². The lowest BCUT2D eigenvalue weighted by Gasteiger charge is -2.32. The van der Waals surface area contributed by atoms with Crippen molar-refractivity contribution in [2.24, 2.45) is 0 Å². The molecule has 0 spiro atoms. The molecule has 1 saturated heterocycles. The predicted molar refractivity (Wildman–Crippen MR) is 119 cm³/mol. The smallest absolute Gasteiger partial charge is 0.450 e. The van der Waals surface area contributed by atoms with E-state index in [0.717, 1.165) is 32.2 Å². The Morgan fingerprint density at radius 2 is 1.94 bits per heavy atom. The van der Waals surface area contributed by atoms with Gasteiger partial charge in [0, 0.05) is 5.56 Å². The van der Waals surface area contributed by atoms with Gasteiger partial charge in [0.15, 0.2) is 5.58 Å². The molecule has 2 heterocycles. The molecule has 2 aromatic carbocycles. The van der Waals surface area contributed by atoms with Crippen LogP contribution in [-0.4, -0.2) is 24.8 Å². The van der Waals surface area contributed by atoms with Gasteiger partial charge in [0.2, 0.25) is 11.2 Å². The normalized spacial score (nSPS) is 19.1. The van der Waals surface area contributed by atoms with Gasteiger partial charge in [-0.15, -0.1) is 0 Å². The summed E-state index contributed by atoms with van der Waals surface area (Å²) in [4.78, 5) is 14.6. The third-order valence-electron chi connectivity index (χ3n) is 6.55. The fourth-order valence-corrected chi connectivity index (χ4v) is 4.87. The van der Waals surface area contributed by atoms with Crippen molar-refractivity contribution < 1.29 is 32.3 Å². The number of aromatic hydroxyl groups is 1. The van der Waals surface area contributed by atoms with E-state index in [1.165, 1.54) is 42.3 Å². The van der Waals surface area contributed by atoms with Crippen molar-refractivity contribution in [2.75, 3.05) is 13.7 Å². The number of para-hydroxylation sites is 1. The zero-order valence-corrected chi connectivity index (χ0v) is 18.6. The number of alkyl halides is 3. The highest BCUT2D eigenvalue weighted by Crippen LogP contribution is 2.41. The molecule has 8 heteroatoms. The largest absolute Gasteiger partial charge is 0.507 e. The van der Waals surface area contributed by atoms with Crippen LogP contribution in [0.2, 0.25) is 0 Å². The van der Waals surface area contributed by atoms with Crippen LogP contribution in [0.25, 0.3) is 22.1 Å². The van der Waals surface area contributed by atoms with E-state index in [0.29, 0.717) is 6.04 Å². The lowest BCUT2D eigenvalue weighted by molar-refractivity contribution is -0.944. The van der Waals surface area contributed by atoms with Crippen LogP contribution in [0, 0.1) is 0 Å². The predicted octanol–water partition coefficient (Wildman–Crippen LogP) is 4.54. The Hall–Kier alpha value is -3.00. The molecule has 0 bridgehead atoms. The zero-order valence-electron chi connectivity index (χ0n) is 18.6. The minimum atomic E-state index is -4.92. The molecule has 3 aromatic rings. The highest BCUT2D eigenvalue weighted by atomic mass is 19.4. The summed E-state index contributed by atoms with van der Waals surface area (Å²) in [5.41, 5.74) is -1.38. The topological polar surface area (TPSA) is 64.1 Å². The van der Waals surface area contributed by atoms with Crippen LogP contribution in [0.4, 0.5) is 13.2 Å². The van der Waals surface area contributed by atoms with Gasteiger partial charge in [0.25, 0.3) is 0 Å². The first kappa shape index (κ1) is 23.2. The first-order chi connectivity index (χ1) is 15.8. The Kier molecular flexibility index (Phi) is 6.38. The van der Waals surface area contributed by atoms with E-state index in [2.05, 4.69) is 6.92 Å². The summed E-state index contributed by atoms with van der Waals surface area (Å²) in [6.07, 6.45) is -0.855. The SMILES string of the molecule is CC[C@@H]1CCCC[NH+]1Cc1c(O)ccc2c(=O)c(-c3ccccc3OC)c(C(F)(F)F)oc12. The number of rotatable bonds is 5. The Labute approximate surface area is 189 Å². The van der Waals surface area contributed by atoms with Crippen LogP contribution in [0.3, 0.4) is 0 Å². The lowest BCUT2D eigenvalue weighted by atomic mass is 9.97. The minimum absolute atomic E-state index is 0.00108. The molecule has 0 aliphatic carbocycles. The van der Waals surface area contributed by atoms with Gasteiger partial charge in [-0.1, -0.05) is 25.1 Å². The van der Waals surface area contributed by atoms with Gasteiger partial charge in [0.1, 0.15) is 18.0 Å². The highest BCUT2D eigenvalue weighted by Gasteiger charge is 2.40. The van der Waals surface area contributed by atoms with Crippen LogP contribution in [0.15, 0.2) is 45.6 Å². The quantitative estimate of drug-likeness (QED) is 0.585. The molecule has 1 aromatic heterocycles. The number of ether oxygens (including phenoxy) is 1. The summed E-state index contributed by atoms with van der Waals surface area (Å²) in [6.45, 7) is 3.22. The fourth-order valence-electron chi connectivity index (χ4n) is 4.87. The van der Waals surface area contributed by atoms with E-state index >= 15 is 0 Å². The number of likely N-dealkylation sites (tertiary alicyclic amines) is 1. The first-order valence-corrected chi connectivity index (χ1v) is 11.1. The number of quaternary nitrogens is 1. The van der Waals surface area contributed by atoms with Crippen molar-refractivity contribution >= 4 is 11.0 Å². The van der Waals surface area contributed by atoms with Gasteiger partial charge >= 0.3 is 6.18 Å². The molecule has 0 radical (unpaired) electrons. The third-order valence-corrected chi connectivity index (χ3v) is 6.55. The summed E-state index contributed by atoms with van der Waals surface area (Å²) in [7, 11) is 1.33. The molecule has 1 unspecified atom stereocenters. The summed E-state index contributed by atoms with van der Waals surface area (Å²) in [5.74, 6) is -1.43. The maximum Gasteiger partial charge on any atom is 0.450 e. The first-order valence-electron chi connectivity index (χ1n) is 11.1. The third kappa shape index (κ3) is 4.31. The number of benzene rings is 2. The molecule has 2 N–H and O–H groups in total. The number of methoxy groups -OCH3 is 1. The average Bonchev–Trinajstić information content (AvgIpc) is 2.80. The van der Waals surface area contributed by atoms with Gasteiger partial charge in [-0.3, -0.25) is 4.79 Å². The Morgan fingerprint density at radius 3 is 2.64 bits per heavy atom. The van der Waals surface area contributed by atoms with Crippen molar-refractivity contribution in [1.29, 1.82) is 0 Å². The standard InChI is InChI=1S/C25H26F3NO4/c1-3-15-8-6-7-13-29(15)14-18-19(30)12-11-17-22(31)21(16-9-4-5-10-20(16)32-2)24(25(26,27)28)33-23(17)18/h4-5,9-12,15,30H,3,6-8,13-14H2,1-2H3/p+1/t15-/m1/s1. The molecule has 0 saturated carbocycles. The molecule has 33 heavy (non-hydrogen) atoms. The maximum absolute atomic E-state index is 14.1. The van der Waals surface area contributed by atoms with E-state index in [1.54, 1.807) is 6.07 Å². The van der Waals surface area contributed by atoms with Crippen molar-refractivity contribution in [3.8, 4) is 22.6 Å². The van der Waals surface area contributed by atoms with Gasteiger partial charge in [-0.25, -0.2) is 0 Å². The zero-order chi connectivity index (χ0) is 23.8. The van der Waals surface area contributed by atoms with Crippen LogP contribution >= 0.6 is 0 Å². The number of phenolic OH excluding ortho intramolecular Hbond substituents is 1. The number of nitrogens with one attached hydrogen (secondary N) is 1. The molecule has 1 aliphatic rings. The van der Waals surface area contributed by atoms with Gasteiger partial charge in [-0.05, 0) is 43.9 Å². The van der Waals surface area contributed by atoms with Crippen LogP contribution < -0.4 is 15.1 Å². The van der Waals surface area contributed by atoms with E-state index < -0.39 is 22.9 Å². The second-order valence-electron chi connectivity index (χ2n) is 8.46. The van der Waals surface area contributed by atoms with Gasteiger partial charge < -0.3 is 19.2 Å². The molecule has 4 rings (SSSR count). The Balaban J connectivity index is 1.97. The summed E-state index contributed by atoms with van der Waals surface area (Å²) >= 11 is 0. The van der Waals surface area contributed by atoms with Crippen molar-refractivity contribution in [3.63, 3.8) is 0 Å². The monoisotopic (exact) mass is 462 g/mol. The molecule has 1 fully saturated rings. The molecular weight excluding hydrogens is 435 g/mol. The van der Waals surface area contributed by atoms with E-state index in [1.807, 2.05) is 0 Å². The fraction of sp³-hybridized carbons (Fsp3) is 0.400. The van der Waals surface area contributed by atoms with E-state index in [-0.39, 0.29) is 40.1 Å². The highest BCUT2D eigenvalue weighted by molar-refractivity contribution is 5.87. The number of hydrogen-bond acceptors (Lipinski definition) is 4. The summed E-state index contributed by atoms with van der Waals surface area (Å²) in [5, 5.41) is 10.6. The maximum atomic E-state index is 14.1. The van der Waals surface area contributed by atoms with Crippen molar-refractivity contribution in [2.45, 2.75) is 51.4 Å². The lowest BCUT2D eigenvalue weighted by Crippen LogP contribution is -3.15. The van der Waals surface area contributed by atoms with Crippen molar-refractivity contribution in [1.82, 2.24) is 0 Å². The molecule has 2 atom stereocenters. The van der Waals surface area contributed by atoms with Crippen molar-refractivity contribution in [3.05, 3.63) is 57.9 Å². The average molecular weight is 462 g/mol. The molecule has 0 amide bonds. The number of phenols is 1. The van der Waals surface area contributed by atoms with Gasteiger partial charge in [0.05, 0.1) is 36.2 Å². The Bertz CT molecular complexity index is 1220. The van der Waals surface area contributed by atoms with E-state index in [9.17, 15) is 23.1 Å². The molecular formula is C25H27F3NO4+. The van der Waals surface area contributed by atoms with Crippen LogP contribution in [0.5, 0.6) is 11.5 Å². The summed E-state index contributed by atoms with van der Waals surface area (Å²) in [6, 6.07) is 9.06. The second kappa shape index (κ2) is 9.09. The van der Waals surface area contributed by atoms with Crippen LogP contribution in [-0.2, 0) is 12.7 Å².